The molecule has 1 saturated heterocycles. The zero-order valence-electron chi connectivity index (χ0n) is 29.9. The number of nitrogens with zero attached hydrogens (tertiary/aromatic N) is 3. The highest BCUT2D eigenvalue weighted by Crippen LogP contribution is 2.43. The molecule has 1 fully saturated rings. The van der Waals surface area contributed by atoms with Crippen LogP contribution in [0.4, 0.5) is 26.3 Å². The van der Waals surface area contributed by atoms with E-state index in [9.17, 15) is 45.8 Å². The molecule has 292 valence electrons. The second kappa shape index (κ2) is 16.0. The molecule has 2 aromatic heterocycles. The van der Waals surface area contributed by atoms with Crippen molar-refractivity contribution in [3.63, 3.8) is 0 Å². The number of piperidine rings is 1. The van der Waals surface area contributed by atoms with Crippen LogP contribution in [0, 0.1) is 5.41 Å². The van der Waals surface area contributed by atoms with Crippen LogP contribution in [0.25, 0.3) is 5.57 Å². The quantitative estimate of drug-likeness (QED) is 0.184. The van der Waals surface area contributed by atoms with Crippen LogP contribution in [-0.4, -0.2) is 75.6 Å². The molecule has 0 spiro atoms. The van der Waals surface area contributed by atoms with E-state index in [1.165, 1.54) is 4.90 Å². The Morgan fingerprint density at radius 3 is 2.41 bits per heavy atom. The number of pyridine rings is 1. The van der Waals surface area contributed by atoms with Gasteiger partial charge in [0.05, 0.1) is 23.6 Å². The van der Waals surface area contributed by atoms with Crippen LogP contribution in [0.3, 0.4) is 0 Å². The van der Waals surface area contributed by atoms with E-state index in [1.807, 2.05) is 18.2 Å². The minimum atomic E-state index is -4.90. The number of para-hydroxylation sites is 1. The number of rotatable bonds is 12. The second-order valence-electron chi connectivity index (χ2n) is 14.0. The minimum absolute atomic E-state index is 0.0116. The lowest BCUT2D eigenvalue weighted by atomic mass is 9.79. The molecular weight excluding hydrogens is 740 g/mol. The van der Waals surface area contributed by atoms with Gasteiger partial charge in [0.15, 0.2) is 0 Å². The topological polar surface area (TPSA) is 109 Å². The lowest BCUT2D eigenvalue weighted by Gasteiger charge is -2.50. The van der Waals surface area contributed by atoms with Crippen molar-refractivity contribution in [2.75, 3.05) is 26.2 Å². The average molecular weight is 782 g/mol. The van der Waals surface area contributed by atoms with E-state index >= 15 is 0 Å². The Bertz CT molecular complexity index is 1880. The molecule has 3 aromatic rings. The van der Waals surface area contributed by atoms with Gasteiger partial charge in [-0.25, -0.2) is 0 Å². The van der Waals surface area contributed by atoms with E-state index in [0.717, 1.165) is 45.8 Å². The first-order valence-corrected chi connectivity index (χ1v) is 18.4. The summed E-state index contributed by atoms with van der Waals surface area (Å²) in [6.45, 7) is 5.30. The van der Waals surface area contributed by atoms with E-state index in [0.29, 0.717) is 29.9 Å². The number of likely N-dealkylation sites (tertiary alicyclic amines) is 1. The fourth-order valence-corrected chi connectivity index (χ4v) is 7.50. The Balaban J connectivity index is 1.48. The molecule has 0 bridgehead atoms. The molecule has 5 rings (SSSR count). The third kappa shape index (κ3) is 8.68. The fraction of sp³-hybridized carbons (Fsp3) is 0.474. The van der Waals surface area contributed by atoms with E-state index in [1.54, 1.807) is 32.9 Å². The summed E-state index contributed by atoms with van der Waals surface area (Å²) in [6.07, 6.45) is -5.55. The number of carboxylic acids is 1. The molecule has 1 aromatic carbocycles. The van der Waals surface area contributed by atoms with Gasteiger partial charge in [-0.2, -0.15) is 26.3 Å². The monoisotopic (exact) mass is 781 g/mol. The number of alkyl halides is 6. The van der Waals surface area contributed by atoms with E-state index in [4.69, 9.17) is 9.47 Å². The number of carbonyl (C=O) groups is 3. The summed E-state index contributed by atoms with van der Waals surface area (Å²) in [6, 6.07) is 8.64. The number of ether oxygens (including phenoxy) is 2. The number of hydrogen-bond acceptors (Lipinski definition) is 7. The number of amides is 2. The van der Waals surface area contributed by atoms with Gasteiger partial charge < -0.3 is 24.4 Å². The molecule has 4 heterocycles. The molecule has 2 aliphatic rings. The highest BCUT2D eigenvalue weighted by atomic mass is 32.1. The molecule has 0 radical (unpaired) electrons. The number of carboxylic acid groups (broad SMARTS) is 1. The number of hydrogen-bond donors (Lipinski definition) is 1. The predicted octanol–water partition coefficient (Wildman–Crippen LogP) is 8.60. The van der Waals surface area contributed by atoms with Crippen molar-refractivity contribution in [2.45, 2.75) is 83.3 Å². The maximum Gasteiger partial charge on any atom is 0.425 e. The van der Waals surface area contributed by atoms with Gasteiger partial charge in [-0.3, -0.25) is 19.4 Å². The summed E-state index contributed by atoms with van der Waals surface area (Å²) in [4.78, 5) is 45.9. The van der Waals surface area contributed by atoms with Gasteiger partial charge in [0.1, 0.15) is 22.1 Å². The van der Waals surface area contributed by atoms with Gasteiger partial charge in [0.2, 0.25) is 5.60 Å². The van der Waals surface area contributed by atoms with Crippen LogP contribution < -0.4 is 9.47 Å². The first-order chi connectivity index (χ1) is 25.4. The van der Waals surface area contributed by atoms with Crippen molar-refractivity contribution in [3.8, 4) is 11.5 Å². The molecule has 54 heavy (non-hydrogen) atoms. The zero-order valence-corrected chi connectivity index (χ0v) is 30.7. The first-order valence-electron chi connectivity index (χ1n) is 17.5. The predicted molar refractivity (Wildman–Crippen MR) is 188 cm³/mol. The number of aliphatic carboxylic acids is 1. The van der Waals surface area contributed by atoms with Gasteiger partial charge in [-0.1, -0.05) is 37.6 Å². The summed E-state index contributed by atoms with van der Waals surface area (Å²) >= 11 is 0.381. The van der Waals surface area contributed by atoms with E-state index < -0.39 is 63.3 Å². The first kappa shape index (κ1) is 40.6. The van der Waals surface area contributed by atoms with Crippen LogP contribution in [-0.2, 0) is 21.9 Å². The van der Waals surface area contributed by atoms with Crippen molar-refractivity contribution in [2.24, 2.45) is 5.41 Å². The Morgan fingerprint density at radius 2 is 1.78 bits per heavy atom. The SMILES string of the molecule is CCCC1N(C(=O)c2ncccc2C(F)(F)F)CCCC1(Oc1csc(C(F)(F)F)c1)C(=O)N1CC=C(c2ccccc2OCCC(C)(C)C(=O)O)CC1. The van der Waals surface area contributed by atoms with Gasteiger partial charge >= 0.3 is 18.3 Å². The maximum absolute atomic E-state index is 14.8. The Hall–Kier alpha value is -4.60. The molecule has 0 aliphatic carbocycles. The molecule has 2 aliphatic heterocycles. The average Bonchev–Trinajstić information content (AvgIpc) is 3.61. The van der Waals surface area contributed by atoms with Crippen LogP contribution >= 0.6 is 11.3 Å². The largest absolute Gasteiger partial charge is 0.493 e. The summed E-state index contributed by atoms with van der Waals surface area (Å²) in [7, 11) is 0. The fourth-order valence-electron chi connectivity index (χ4n) is 6.82. The van der Waals surface area contributed by atoms with E-state index in [-0.39, 0.29) is 57.7 Å². The van der Waals surface area contributed by atoms with Gasteiger partial charge in [-0.05, 0) is 63.3 Å². The molecule has 9 nitrogen and oxygen atoms in total. The lowest BCUT2D eigenvalue weighted by molar-refractivity contribution is -0.159. The number of benzene rings is 1. The maximum atomic E-state index is 14.8. The standard InChI is InChI=1S/C38H41F6N3O6S/c1-4-9-29-36(53-25-22-30(54-23-25)38(42,43)44,15-8-18-47(29)32(48)31-27(37(39,40)41)11-7-17-45-31)33(49)46-19-13-24(14-20-46)26-10-5-6-12-28(26)52-21-16-35(2,3)34(50)51/h5-7,10-13,17,22-23,29H,4,8-9,14-16,18-21H2,1-3H3,(H,50,51). The second-order valence-corrected chi connectivity index (χ2v) is 14.9. The van der Waals surface area contributed by atoms with Crippen LogP contribution in [0.2, 0.25) is 0 Å². The van der Waals surface area contributed by atoms with Gasteiger partial charge in [-0.15, -0.1) is 11.3 Å². The van der Waals surface area contributed by atoms with Crippen LogP contribution in [0.1, 0.15) is 85.8 Å². The van der Waals surface area contributed by atoms with Gasteiger partial charge in [0, 0.05) is 49.3 Å². The summed E-state index contributed by atoms with van der Waals surface area (Å²) in [5, 5.41) is 10.6. The lowest BCUT2D eigenvalue weighted by Crippen LogP contribution is -2.68. The number of carbonyl (C=O) groups excluding carboxylic acids is 2. The number of halogens is 6. The molecule has 2 atom stereocenters. The van der Waals surface area contributed by atoms with E-state index in [2.05, 4.69) is 4.98 Å². The third-order valence-corrected chi connectivity index (χ3v) is 10.8. The zero-order chi connectivity index (χ0) is 39.5. The van der Waals surface area contributed by atoms with Crippen molar-refractivity contribution in [1.82, 2.24) is 14.8 Å². The van der Waals surface area contributed by atoms with Crippen molar-refractivity contribution in [3.05, 3.63) is 81.8 Å². The highest BCUT2D eigenvalue weighted by molar-refractivity contribution is 7.10. The minimum Gasteiger partial charge on any atom is -0.493 e. The third-order valence-electron chi connectivity index (χ3n) is 9.81. The molecule has 2 unspecified atom stereocenters. The number of thiophene rings is 1. The molecule has 1 N–H and O–H groups in total. The molecule has 0 saturated carbocycles. The Labute approximate surface area is 312 Å². The Kier molecular flexibility index (Phi) is 12.0. The summed E-state index contributed by atoms with van der Waals surface area (Å²) in [5.41, 5.74) is -3.44. The van der Waals surface area contributed by atoms with Crippen molar-refractivity contribution < 1.29 is 55.3 Å². The van der Waals surface area contributed by atoms with Crippen molar-refractivity contribution in [1.29, 1.82) is 0 Å². The van der Waals surface area contributed by atoms with Gasteiger partial charge in [0.25, 0.3) is 11.8 Å². The molecule has 2 amide bonds. The molecular formula is C38H41F6N3O6S. The van der Waals surface area contributed by atoms with Crippen molar-refractivity contribution >= 4 is 34.7 Å². The summed E-state index contributed by atoms with van der Waals surface area (Å²) in [5.74, 6) is -2.33. The highest BCUT2D eigenvalue weighted by Gasteiger charge is 2.56. The van der Waals surface area contributed by atoms with Crippen LogP contribution in [0.15, 0.2) is 60.1 Å². The smallest absolute Gasteiger partial charge is 0.425 e. The number of aromatic nitrogens is 1. The summed E-state index contributed by atoms with van der Waals surface area (Å²) < 4.78 is 95.4. The molecule has 16 heteroatoms. The normalized spacial score (nSPS) is 19.6. The Morgan fingerprint density at radius 1 is 1.04 bits per heavy atom. The van der Waals surface area contributed by atoms with Crippen LogP contribution in [0.5, 0.6) is 11.5 Å².